The number of likely N-dealkylation sites (N-methyl/N-ethyl adjacent to an activating group) is 1. The van der Waals surface area contributed by atoms with Crippen molar-refractivity contribution in [3.63, 3.8) is 0 Å². The number of hydrogen-bond donors (Lipinski definition) is 0. The van der Waals surface area contributed by atoms with Crippen LogP contribution in [0.4, 0.5) is 0 Å². The SMILES string of the molecule is CN1CCN(C(=O)CCN2CC3(CCC3)[C@H]2[C@H]2CCCO2)CC1. The summed E-state index contributed by atoms with van der Waals surface area (Å²) < 4.78 is 6.01. The highest BCUT2D eigenvalue weighted by atomic mass is 16.5. The predicted molar refractivity (Wildman–Crippen MR) is 89.3 cm³/mol. The van der Waals surface area contributed by atoms with Crippen molar-refractivity contribution < 1.29 is 9.53 Å². The Morgan fingerprint density at radius 2 is 1.96 bits per heavy atom. The first-order valence-electron chi connectivity index (χ1n) is 9.50. The monoisotopic (exact) mass is 321 g/mol. The zero-order valence-corrected chi connectivity index (χ0v) is 14.5. The van der Waals surface area contributed by atoms with Gasteiger partial charge in [0.2, 0.25) is 5.91 Å². The molecule has 4 rings (SSSR count). The van der Waals surface area contributed by atoms with Crippen LogP contribution in [0, 0.1) is 5.41 Å². The van der Waals surface area contributed by atoms with Crippen molar-refractivity contribution in [1.29, 1.82) is 0 Å². The predicted octanol–water partition coefficient (Wildman–Crippen LogP) is 1.18. The molecular weight excluding hydrogens is 290 g/mol. The van der Waals surface area contributed by atoms with Gasteiger partial charge in [-0.3, -0.25) is 9.69 Å². The maximum Gasteiger partial charge on any atom is 0.223 e. The highest BCUT2D eigenvalue weighted by Gasteiger charge is 2.58. The highest BCUT2D eigenvalue weighted by Crippen LogP contribution is 2.55. The number of piperazine rings is 1. The van der Waals surface area contributed by atoms with Gasteiger partial charge in [0, 0.05) is 63.8 Å². The number of likely N-dealkylation sites (tertiary alicyclic amines) is 1. The van der Waals surface area contributed by atoms with E-state index < -0.39 is 0 Å². The van der Waals surface area contributed by atoms with Crippen molar-refractivity contribution in [1.82, 2.24) is 14.7 Å². The van der Waals surface area contributed by atoms with Crippen LogP contribution in [0.15, 0.2) is 0 Å². The summed E-state index contributed by atoms with van der Waals surface area (Å²) in [5, 5.41) is 0. The lowest BCUT2D eigenvalue weighted by Gasteiger charge is -2.64. The summed E-state index contributed by atoms with van der Waals surface area (Å²) in [6.07, 6.45) is 7.68. The van der Waals surface area contributed by atoms with Gasteiger partial charge < -0.3 is 14.5 Å². The molecule has 0 bridgehead atoms. The Bertz CT molecular complexity index is 438. The quantitative estimate of drug-likeness (QED) is 0.779. The Balaban J connectivity index is 1.29. The van der Waals surface area contributed by atoms with E-state index in [-0.39, 0.29) is 0 Å². The first-order chi connectivity index (χ1) is 11.2. The average Bonchev–Trinajstić information content (AvgIpc) is 2.98. The molecule has 0 N–H and O–H groups in total. The Morgan fingerprint density at radius 3 is 2.57 bits per heavy atom. The topological polar surface area (TPSA) is 36.0 Å². The molecule has 1 amide bonds. The van der Waals surface area contributed by atoms with Crippen molar-refractivity contribution in [2.75, 3.05) is 52.9 Å². The summed E-state index contributed by atoms with van der Waals surface area (Å²) in [5.41, 5.74) is 0.548. The Hall–Kier alpha value is -0.650. The van der Waals surface area contributed by atoms with Gasteiger partial charge in [0.25, 0.3) is 0 Å². The van der Waals surface area contributed by atoms with Gasteiger partial charge in [0.05, 0.1) is 6.10 Å². The second kappa shape index (κ2) is 6.34. The fourth-order valence-electron chi connectivity index (χ4n) is 5.11. The van der Waals surface area contributed by atoms with Crippen LogP contribution in [0.2, 0.25) is 0 Å². The lowest BCUT2D eigenvalue weighted by Crippen LogP contribution is -2.71. The minimum absolute atomic E-state index is 0.346. The van der Waals surface area contributed by atoms with Gasteiger partial charge in [-0.05, 0) is 32.7 Å². The summed E-state index contributed by atoms with van der Waals surface area (Å²) in [5.74, 6) is 0.346. The maximum atomic E-state index is 12.5. The fourth-order valence-corrected chi connectivity index (χ4v) is 5.11. The lowest BCUT2D eigenvalue weighted by atomic mass is 9.56. The second-order valence-electron chi connectivity index (χ2n) is 8.12. The van der Waals surface area contributed by atoms with E-state index in [1.54, 1.807) is 0 Å². The zero-order valence-electron chi connectivity index (χ0n) is 14.5. The molecule has 5 nitrogen and oxygen atoms in total. The van der Waals surface area contributed by atoms with Crippen LogP contribution < -0.4 is 0 Å². The first-order valence-corrected chi connectivity index (χ1v) is 9.50. The van der Waals surface area contributed by atoms with Crippen LogP contribution in [0.3, 0.4) is 0 Å². The fraction of sp³-hybridized carbons (Fsp3) is 0.944. The van der Waals surface area contributed by atoms with Gasteiger partial charge >= 0.3 is 0 Å². The molecule has 0 aromatic rings. The van der Waals surface area contributed by atoms with Crippen LogP contribution in [0.5, 0.6) is 0 Å². The molecule has 23 heavy (non-hydrogen) atoms. The average molecular weight is 321 g/mol. The van der Waals surface area contributed by atoms with E-state index in [2.05, 4.69) is 21.7 Å². The lowest BCUT2D eigenvalue weighted by molar-refractivity contribution is -0.173. The minimum Gasteiger partial charge on any atom is -0.377 e. The molecular formula is C18H31N3O2. The molecule has 1 saturated carbocycles. The molecule has 0 radical (unpaired) electrons. The molecule has 1 spiro atoms. The Kier molecular flexibility index (Phi) is 4.37. The normalized spacial score (nSPS) is 34.4. The largest absolute Gasteiger partial charge is 0.377 e. The Labute approximate surface area is 139 Å². The number of ether oxygens (including phenoxy) is 1. The van der Waals surface area contributed by atoms with Crippen LogP contribution in [0.1, 0.15) is 38.5 Å². The van der Waals surface area contributed by atoms with Crippen LogP contribution in [-0.2, 0) is 9.53 Å². The van der Waals surface area contributed by atoms with Crippen molar-refractivity contribution >= 4 is 5.91 Å². The van der Waals surface area contributed by atoms with Gasteiger partial charge in [-0.25, -0.2) is 0 Å². The summed E-state index contributed by atoms with van der Waals surface area (Å²) in [6, 6.07) is 0.596. The Morgan fingerprint density at radius 1 is 1.17 bits per heavy atom. The number of carbonyl (C=O) groups is 1. The molecule has 1 aliphatic carbocycles. The van der Waals surface area contributed by atoms with Crippen LogP contribution >= 0.6 is 0 Å². The van der Waals surface area contributed by atoms with Crippen molar-refractivity contribution in [2.45, 2.75) is 50.7 Å². The zero-order chi connectivity index (χ0) is 15.9. The molecule has 3 aliphatic heterocycles. The number of carbonyl (C=O) groups excluding carboxylic acids is 1. The van der Waals surface area contributed by atoms with Gasteiger partial charge in [0.15, 0.2) is 0 Å². The third-order valence-electron chi connectivity index (χ3n) is 6.67. The molecule has 0 aromatic carbocycles. The van der Waals surface area contributed by atoms with Crippen LogP contribution in [-0.4, -0.2) is 85.7 Å². The summed E-state index contributed by atoms with van der Waals surface area (Å²) in [7, 11) is 2.13. The van der Waals surface area contributed by atoms with E-state index >= 15 is 0 Å². The molecule has 0 unspecified atom stereocenters. The first kappa shape index (κ1) is 15.9. The minimum atomic E-state index is 0.346. The smallest absolute Gasteiger partial charge is 0.223 e. The number of rotatable bonds is 4. The number of hydrogen-bond acceptors (Lipinski definition) is 4. The van der Waals surface area contributed by atoms with E-state index in [9.17, 15) is 4.79 Å². The second-order valence-corrected chi connectivity index (χ2v) is 8.12. The van der Waals surface area contributed by atoms with E-state index in [4.69, 9.17) is 4.74 Å². The molecule has 3 saturated heterocycles. The van der Waals surface area contributed by atoms with Gasteiger partial charge in [0.1, 0.15) is 0 Å². The molecule has 0 aromatic heterocycles. The highest BCUT2D eigenvalue weighted by molar-refractivity contribution is 5.76. The van der Waals surface area contributed by atoms with E-state index in [0.29, 0.717) is 29.9 Å². The molecule has 5 heteroatoms. The molecule has 3 heterocycles. The number of amides is 1. The van der Waals surface area contributed by atoms with Gasteiger partial charge in [-0.1, -0.05) is 6.42 Å². The van der Waals surface area contributed by atoms with Crippen molar-refractivity contribution in [3.05, 3.63) is 0 Å². The molecule has 4 fully saturated rings. The van der Waals surface area contributed by atoms with Gasteiger partial charge in [-0.15, -0.1) is 0 Å². The van der Waals surface area contributed by atoms with E-state index in [0.717, 1.165) is 39.3 Å². The van der Waals surface area contributed by atoms with Crippen LogP contribution in [0.25, 0.3) is 0 Å². The van der Waals surface area contributed by atoms with E-state index in [1.165, 1.54) is 38.6 Å². The summed E-state index contributed by atoms with van der Waals surface area (Å²) in [6.45, 7) is 6.88. The number of nitrogens with zero attached hydrogens (tertiary/aromatic N) is 3. The molecule has 2 atom stereocenters. The van der Waals surface area contributed by atoms with Crippen molar-refractivity contribution in [2.24, 2.45) is 5.41 Å². The van der Waals surface area contributed by atoms with Gasteiger partial charge in [-0.2, -0.15) is 0 Å². The maximum absolute atomic E-state index is 12.5. The summed E-state index contributed by atoms with van der Waals surface area (Å²) in [4.78, 5) is 19.4. The summed E-state index contributed by atoms with van der Waals surface area (Å²) >= 11 is 0. The third kappa shape index (κ3) is 2.92. The van der Waals surface area contributed by atoms with Crippen molar-refractivity contribution in [3.8, 4) is 0 Å². The molecule has 130 valence electrons. The van der Waals surface area contributed by atoms with E-state index in [1.807, 2.05) is 0 Å². The standard InChI is InChI=1S/C18H31N3O2/c1-19-9-11-20(12-10-19)16(22)5-8-21-14-18(6-3-7-18)17(21)15-4-2-13-23-15/h15,17H,2-14H2,1H3/t15-,17-/m1/s1. The third-order valence-corrected chi connectivity index (χ3v) is 6.67. The molecule has 4 aliphatic rings.